The average Bonchev–Trinajstić information content (AvgIpc) is 3.41. The lowest BCUT2D eigenvalue weighted by Crippen LogP contribution is -2.50. The lowest BCUT2D eigenvalue weighted by atomic mass is 10.1. The van der Waals surface area contributed by atoms with E-state index < -0.39 is 20.5 Å². The van der Waals surface area contributed by atoms with Crippen LogP contribution in [0, 0.1) is 29.6 Å². The quantitative estimate of drug-likeness (QED) is 0.290. The number of amides is 2. The number of hydroxylamine groups is 1. The maximum Gasteiger partial charge on any atom is 0.328 e. The third kappa shape index (κ3) is 5.07. The van der Waals surface area contributed by atoms with Gasteiger partial charge in [0.25, 0.3) is 5.91 Å². The fraction of sp³-hybridized carbons (Fsp3) is 0.545. The molecule has 2 aliphatic heterocycles. The Kier molecular flexibility index (Phi) is 7.20. The molecule has 1 aromatic rings. The Bertz CT molecular complexity index is 1170. The summed E-state index contributed by atoms with van der Waals surface area (Å²) in [5, 5.41) is 18.2. The van der Waals surface area contributed by atoms with Gasteiger partial charge in [-0.2, -0.15) is 0 Å². The molecule has 0 radical (unpaired) electrons. The predicted octanol–water partition coefficient (Wildman–Crippen LogP) is -0.362. The van der Waals surface area contributed by atoms with Crippen LogP contribution in [-0.4, -0.2) is 88.8 Å². The first kappa shape index (κ1) is 24.8. The Balaban J connectivity index is 1.62. The number of aliphatic hydroxyl groups excluding tert-OH is 1. The maximum absolute atomic E-state index is 12.7. The van der Waals surface area contributed by atoms with Crippen LogP contribution >= 0.6 is 0 Å². The lowest BCUT2D eigenvalue weighted by Gasteiger charge is -2.27. The van der Waals surface area contributed by atoms with Gasteiger partial charge in [-0.1, -0.05) is 11.8 Å². The number of likely N-dealkylation sites (N-methyl/N-ethyl adjacent to an activating group) is 1. The molecule has 3 heterocycles. The monoisotopic (exact) mass is 476 g/mol. The third-order valence-electron chi connectivity index (χ3n) is 6.43. The molecule has 1 unspecified atom stereocenters. The van der Waals surface area contributed by atoms with Crippen molar-refractivity contribution in [1.82, 2.24) is 19.8 Å². The first-order valence-electron chi connectivity index (χ1n) is 10.5. The standard InChI is InChI=1S/C22H28N4O6S/c1-22(20(28)23-30,33(3,31)32)8-9-25-14-18-10-17(13-26(18)21(25)29)7-5-4-6-16-11-19(15-27)24(2)12-16/h10,13,16,19,27,30H,8-9,11-12,14-15H2,1-3H3,(H,23,28)/t16?,19-,22-/m1/s1. The number of hydrogen-bond acceptors (Lipinski definition) is 7. The van der Waals surface area contributed by atoms with E-state index in [4.69, 9.17) is 5.21 Å². The highest BCUT2D eigenvalue weighted by atomic mass is 32.2. The van der Waals surface area contributed by atoms with Crippen molar-refractivity contribution in [3.05, 3.63) is 23.5 Å². The highest BCUT2D eigenvalue weighted by Crippen LogP contribution is 2.25. The van der Waals surface area contributed by atoms with Gasteiger partial charge in [0.15, 0.2) is 14.6 Å². The number of nitrogens with zero attached hydrogens (tertiary/aromatic N) is 3. The number of aliphatic hydroxyl groups is 1. The van der Waals surface area contributed by atoms with Crippen LogP contribution in [0.15, 0.2) is 12.3 Å². The second kappa shape index (κ2) is 9.57. The summed E-state index contributed by atoms with van der Waals surface area (Å²) in [6.45, 7) is 2.41. The Labute approximate surface area is 193 Å². The molecule has 2 aliphatic rings. The molecule has 0 aliphatic carbocycles. The fourth-order valence-electron chi connectivity index (χ4n) is 4.04. The van der Waals surface area contributed by atoms with Gasteiger partial charge in [-0.3, -0.25) is 19.5 Å². The Morgan fingerprint density at radius 3 is 2.67 bits per heavy atom. The first-order chi connectivity index (χ1) is 15.5. The van der Waals surface area contributed by atoms with Crippen LogP contribution in [0.3, 0.4) is 0 Å². The summed E-state index contributed by atoms with van der Waals surface area (Å²) in [7, 11) is -1.88. The molecule has 1 fully saturated rings. The molecule has 178 valence electrons. The molecule has 1 aromatic heterocycles. The minimum absolute atomic E-state index is 0.0225. The Morgan fingerprint density at radius 2 is 2.09 bits per heavy atom. The van der Waals surface area contributed by atoms with E-state index >= 15 is 0 Å². The summed E-state index contributed by atoms with van der Waals surface area (Å²) in [6, 6.07) is 1.57. The van der Waals surface area contributed by atoms with Crippen LogP contribution in [0.1, 0.15) is 31.0 Å². The van der Waals surface area contributed by atoms with Gasteiger partial charge in [0.05, 0.1) is 13.2 Å². The van der Waals surface area contributed by atoms with Crippen molar-refractivity contribution in [1.29, 1.82) is 0 Å². The van der Waals surface area contributed by atoms with E-state index in [1.165, 1.54) is 21.9 Å². The second-order valence-corrected chi connectivity index (χ2v) is 11.2. The van der Waals surface area contributed by atoms with E-state index in [9.17, 15) is 23.1 Å². The molecule has 2 amide bonds. The number of rotatable bonds is 6. The molecule has 11 heteroatoms. The number of hydrogen-bond donors (Lipinski definition) is 3. The number of nitrogens with one attached hydrogen (secondary N) is 1. The highest BCUT2D eigenvalue weighted by molar-refractivity contribution is 7.92. The first-order valence-corrected chi connectivity index (χ1v) is 12.4. The van der Waals surface area contributed by atoms with Crippen molar-refractivity contribution >= 4 is 21.8 Å². The van der Waals surface area contributed by atoms with E-state index in [-0.39, 0.29) is 44.1 Å². The Morgan fingerprint density at radius 1 is 1.36 bits per heavy atom. The Hall–Kier alpha value is -2.83. The summed E-state index contributed by atoms with van der Waals surface area (Å²) in [5.41, 5.74) is 2.75. The van der Waals surface area contributed by atoms with E-state index in [2.05, 4.69) is 28.6 Å². The summed E-state index contributed by atoms with van der Waals surface area (Å²) >= 11 is 0. The molecule has 3 rings (SSSR count). The molecule has 0 aromatic carbocycles. The molecule has 33 heavy (non-hydrogen) atoms. The van der Waals surface area contributed by atoms with Crippen molar-refractivity contribution in [2.24, 2.45) is 5.92 Å². The van der Waals surface area contributed by atoms with E-state index in [0.717, 1.165) is 19.2 Å². The van der Waals surface area contributed by atoms with Gasteiger partial charge in [-0.25, -0.2) is 18.7 Å². The molecule has 3 N–H and O–H groups in total. The van der Waals surface area contributed by atoms with E-state index in [1.807, 2.05) is 7.05 Å². The average molecular weight is 477 g/mol. The van der Waals surface area contributed by atoms with Crippen molar-refractivity contribution in [2.45, 2.75) is 37.1 Å². The molecule has 0 spiro atoms. The largest absolute Gasteiger partial charge is 0.395 e. The molecule has 0 bridgehead atoms. The predicted molar refractivity (Wildman–Crippen MR) is 120 cm³/mol. The van der Waals surface area contributed by atoms with Gasteiger partial charge in [0, 0.05) is 48.8 Å². The fourth-order valence-corrected chi connectivity index (χ4v) is 4.88. The van der Waals surface area contributed by atoms with Crippen molar-refractivity contribution in [3.8, 4) is 23.7 Å². The highest BCUT2D eigenvalue weighted by Gasteiger charge is 2.44. The van der Waals surface area contributed by atoms with Crippen LogP contribution in [0.2, 0.25) is 0 Å². The molecular weight excluding hydrogens is 448 g/mol. The zero-order chi connectivity index (χ0) is 24.4. The van der Waals surface area contributed by atoms with Crippen molar-refractivity contribution < 1.29 is 28.3 Å². The maximum atomic E-state index is 12.7. The van der Waals surface area contributed by atoms with Crippen molar-refractivity contribution in [2.75, 3.05) is 33.0 Å². The van der Waals surface area contributed by atoms with Crippen LogP contribution in [0.25, 0.3) is 0 Å². The normalized spacial score (nSPS) is 22.1. The summed E-state index contributed by atoms with van der Waals surface area (Å²) in [6.07, 6.45) is 3.17. The lowest BCUT2D eigenvalue weighted by molar-refractivity contribution is -0.131. The molecule has 0 saturated carbocycles. The summed E-state index contributed by atoms with van der Waals surface area (Å²) in [5.74, 6) is 10.8. The van der Waals surface area contributed by atoms with Crippen LogP contribution in [0.5, 0.6) is 0 Å². The van der Waals surface area contributed by atoms with Gasteiger partial charge in [-0.05, 0) is 44.7 Å². The van der Waals surface area contributed by atoms with Gasteiger partial charge in [0.1, 0.15) is 0 Å². The minimum Gasteiger partial charge on any atom is -0.395 e. The van der Waals surface area contributed by atoms with Crippen LogP contribution in [-0.2, 0) is 21.2 Å². The third-order valence-corrected chi connectivity index (χ3v) is 8.46. The summed E-state index contributed by atoms with van der Waals surface area (Å²) in [4.78, 5) is 28.2. The van der Waals surface area contributed by atoms with E-state index in [1.54, 1.807) is 12.3 Å². The second-order valence-electron chi connectivity index (χ2n) is 8.72. The number of likely N-dealkylation sites (tertiary alicyclic amines) is 1. The van der Waals surface area contributed by atoms with E-state index in [0.29, 0.717) is 11.3 Å². The number of fused-ring (bicyclic) bond motifs is 1. The number of aromatic nitrogens is 1. The zero-order valence-electron chi connectivity index (χ0n) is 18.8. The number of carbonyl (C=O) groups is 2. The van der Waals surface area contributed by atoms with Gasteiger partial charge >= 0.3 is 6.03 Å². The smallest absolute Gasteiger partial charge is 0.328 e. The molecule has 10 nitrogen and oxygen atoms in total. The zero-order valence-corrected chi connectivity index (χ0v) is 19.6. The SMILES string of the molecule is CN1CC(C#CC#Cc2cc3n(c2)C(=O)N(CC[C@](C)(C(=O)NO)S(C)(=O)=O)C3)C[C@@H]1CO. The van der Waals surface area contributed by atoms with Gasteiger partial charge in [0.2, 0.25) is 0 Å². The molecular formula is C22H28N4O6S. The topological polar surface area (TPSA) is 132 Å². The van der Waals surface area contributed by atoms with Crippen LogP contribution in [0.4, 0.5) is 4.79 Å². The van der Waals surface area contributed by atoms with Crippen LogP contribution < -0.4 is 5.48 Å². The van der Waals surface area contributed by atoms with Gasteiger partial charge in [-0.15, -0.1) is 0 Å². The van der Waals surface area contributed by atoms with Crippen molar-refractivity contribution in [3.63, 3.8) is 0 Å². The summed E-state index contributed by atoms with van der Waals surface area (Å²) < 4.78 is 23.8. The van der Waals surface area contributed by atoms with Gasteiger partial charge < -0.3 is 10.0 Å². The molecule has 3 atom stereocenters. The minimum atomic E-state index is -3.84. The number of sulfone groups is 1. The molecule has 1 saturated heterocycles. The number of carbonyl (C=O) groups excluding carboxylic acids is 2.